The van der Waals surface area contributed by atoms with Crippen LogP contribution in [0.15, 0.2) is 48.5 Å². The third-order valence-electron chi connectivity index (χ3n) is 3.13. The lowest BCUT2D eigenvalue weighted by molar-refractivity contribution is 0.112. The van der Waals surface area contributed by atoms with Crippen LogP contribution in [0.1, 0.15) is 36.7 Å². The van der Waals surface area contributed by atoms with Crippen molar-refractivity contribution in [1.29, 1.82) is 0 Å². The predicted octanol–water partition coefficient (Wildman–Crippen LogP) is 4.46. The van der Waals surface area contributed by atoms with Crippen LogP contribution < -0.4 is 0 Å². The Labute approximate surface area is 108 Å². The van der Waals surface area contributed by atoms with Gasteiger partial charge in [0.2, 0.25) is 0 Å². The van der Waals surface area contributed by atoms with E-state index in [1.165, 1.54) is 5.56 Å². The van der Waals surface area contributed by atoms with E-state index in [0.29, 0.717) is 0 Å². The third-order valence-corrected chi connectivity index (χ3v) is 3.13. The second-order valence-corrected chi connectivity index (χ2v) is 5.54. The molecule has 1 nitrogen and oxygen atoms in total. The average molecular weight is 238 g/mol. The summed E-state index contributed by atoms with van der Waals surface area (Å²) in [6, 6.07) is 16.1. The third kappa shape index (κ3) is 2.51. The van der Waals surface area contributed by atoms with Gasteiger partial charge in [-0.25, -0.2) is 0 Å². The van der Waals surface area contributed by atoms with Gasteiger partial charge in [0.25, 0.3) is 0 Å². The summed E-state index contributed by atoms with van der Waals surface area (Å²) in [5, 5.41) is 0. The fraction of sp³-hybridized carbons (Fsp3) is 0.235. The summed E-state index contributed by atoms with van der Waals surface area (Å²) >= 11 is 0. The molecule has 0 heterocycles. The Balaban J connectivity index is 2.61. The van der Waals surface area contributed by atoms with Crippen LogP contribution in [0.5, 0.6) is 0 Å². The van der Waals surface area contributed by atoms with Crippen LogP contribution in [-0.4, -0.2) is 6.29 Å². The molecule has 0 unspecified atom stereocenters. The molecular weight excluding hydrogens is 220 g/mol. The number of rotatable bonds is 2. The van der Waals surface area contributed by atoms with Crippen molar-refractivity contribution in [2.75, 3.05) is 0 Å². The molecule has 0 aromatic heterocycles. The molecule has 2 rings (SSSR count). The monoisotopic (exact) mass is 238 g/mol. The predicted molar refractivity (Wildman–Crippen MR) is 76.0 cm³/mol. The largest absolute Gasteiger partial charge is 0.298 e. The number of carbonyl (C=O) groups excluding carboxylic acids is 1. The van der Waals surface area contributed by atoms with E-state index in [0.717, 1.165) is 23.0 Å². The van der Waals surface area contributed by atoms with Crippen LogP contribution in [0, 0.1) is 0 Å². The SMILES string of the molecule is CC(C)(C)c1ccc(C=O)c(-c2ccccc2)c1. The molecule has 0 N–H and O–H groups in total. The lowest BCUT2D eigenvalue weighted by Gasteiger charge is -2.20. The Hall–Kier alpha value is -1.89. The van der Waals surface area contributed by atoms with Gasteiger partial charge in [-0.1, -0.05) is 63.2 Å². The van der Waals surface area contributed by atoms with Crippen molar-refractivity contribution < 1.29 is 4.79 Å². The molecule has 2 aromatic rings. The molecule has 0 bridgehead atoms. The van der Waals surface area contributed by atoms with Crippen molar-refractivity contribution in [3.63, 3.8) is 0 Å². The lowest BCUT2D eigenvalue weighted by Crippen LogP contribution is -2.11. The van der Waals surface area contributed by atoms with Gasteiger partial charge in [0, 0.05) is 5.56 Å². The molecule has 0 aliphatic heterocycles. The first-order chi connectivity index (χ1) is 8.52. The number of hydrogen-bond acceptors (Lipinski definition) is 1. The van der Waals surface area contributed by atoms with E-state index >= 15 is 0 Å². The van der Waals surface area contributed by atoms with Crippen molar-refractivity contribution in [3.05, 3.63) is 59.7 Å². The van der Waals surface area contributed by atoms with E-state index in [-0.39, 0.29) is 5.41 Å². The van der Waals surface area contributed by atoms with Crippen molar-refractivity contribution in [3.8, 4) is 11.1 Å². The molecule has 0 saturated carbocycles. The standard InChI is InChI=1S/C17H18O/c1-17(2,3)15-10-9-14(12-18)16(11-15)13-7-5-4-6-8-13/h4-12H,1-3H3. The van der Waals surface area contributed by atoms with Crippen molar-refractivity contribution in [2.45, 2.75) is 26.2 Å². The number of aldehydes is 1. The molecule has 92 valence electrons. The van der Waals surface area contributed by atoms with Gasteiger partial charge < -0.3 is 0 Å². The maximum atomic E-state index is 11.2. The Morgan fingerprint density at radius 1 is 0.944 bits per heavy atom. The first-order valence-corrected chi connectivity index (χ1v) is 6.17. The lowest BCUT2D eigenvalue weighted by atomic mass is 9.84. The minimum atomic E-state index is 0.0882. The quantitative estimate of drug-likeness (QED) is 0.706. The average Bonchev–Trinajstić information content (AvgIpc) is 2.38. The highest BCUT2D eigenvalue weighted by Crippen LogP contribution is 2.29. The molecule has 0 aliphatic carbocycles. The van der Waals surface area contributed by atoms with Gasteiger partial charge in [-0.3, -0.25) is 4.79 Å². The van der Waals surface area contributed by atoms with Crippen molar-refractivity contribution >= 4 is 6.29 Å². The molecule has 0 saturated heterocycles. The minimum absolute atomic E-state index is 0.0882. The molecule has 2 aromatic carbocycles. The molecule has 0 fully saturated rings. The molecule has 0 atom stereocenters. The zero-order chi connectivity index (χ0) is 13.2. The van der Waals surface area contributed by atoms with Gasteiger partial charge in [-0.05, 0) is 28.2 Å². The van der Waals surface area contributed by atoms with Crippen LogP contribution in [0.25, 0.3) is 11.1 Å². The molecule has 1 heteroatoms. The van der Waals surface area contributed by atoms with Gasteiger partial charge in [0.05, 0.1) is 0 Å². The maximum Gasteiger partial charge on any atom is 0.150 e. The van der Waals surface area contributed by atoms with E-state index in [9.17, 15) is 4.79 Å². The molecule has 0 aliphatic rings. The van der Waals surface area contributed by atoms with Gasteiger partial charge >= 0.3 is 0 Å². The van der Waals surface area contributed by atoms with Crippen molar-refractivity contribution in [2.24, 2.45) is 0 Å². The summed E-state index contributed by atoms with van der Waals surface area (Å²) in [6.45, 7) is 6.53. The summed E-state index contributed by atoms with van der Waals surface area (Å²) in [4.78, 5) is 11.2. The Kier molecular flexibility index (Phi) is 3.33. The normalized spacial score (nSPS) is 11.3. The smallest absolute Gasteiger partial charge is 0.150 e. The maximum absolute atomic E-state index is 11.2. The zero-order valence-electron chi connectivity index (χ0n) is 11.1. The molecule has 0 radical (unpaired) electrons. The van der Waals surface area contributed by atoms with Gasteiger partial charge in [0.15, 0.2) is 6.29 Å². The fourth-order valence-corrected chi connectivity index (χ4v) is 1.99. The van der Waals surface area contributed by atoms with Crippen LogP contribution >= 0.6 is 0 Å². The van der Waals surface area contributed by atoms with E-state index in [2.05, 4.69) is 26.8 Å². The van der Waals surface area contributed by atoms with Crippen LogP contribution in [-0.2, 0) is 5.41 Å². The second kappa shape index (κ2) is 4.77. The van der Waals surface area contributed by atoms with Crippen molar-refractivity contribution in [1.82, 2.24) is 0 Å². The number of hydrogen-bond donors (Lipinski definition) is 0. The first-order valence-electron chi connectivity index (χ1n) is 6.17. The molecule has 0 amide bonds. The topological polar surface area (TPSA) is 17.1 Å². The highest BCUT2D eigenvalue weighted by molar-refractivity contribution is 5.87. The zero-order valence-corrected chi connectivity index (χ0v) is 11.1. The summed E-state index contributed by atoms with van der Waals surface area (Å²) in [7, 11) is 0. The second-order valence-electron chi connectivity index (χ2n) is 5.54. The van der Waals surface area contributed by atoms with E-state index in [4.69, 9.17) is 0 Å². The van der Waals surface area contributed by atoms with Gasteiger partial charge in [0.1, 0.15) is 0 Å². The molecular formula is C17H18O. The molecule has 0 spiro atoms. The van der Waals surface area contributed by atoms with Gasteiger partial charge in [-0.2, -0.15) is 0 Å². The summed E-state index contributed by atoms with van der Waals surface area (Å²) in [5.74, 6) is 0. The molecule has 18 heavy (non-hydrogen) atoms. The summed E-state index contributed by atoms with van der Waals surface area (Å²) in [6.07, 6.45) is 0.925. The van der Waals surface area contributed by atoms with E-state index in [1.807, 2.05) is 42.5 Å². The Morgan fingerprint density at radius 3 is 2.17 bits per heavy atom. The van der Waals surface area contributed by atoms with Crippen LogP contribution in [0.4, 0.5) is 0 Å². The fourth-order valence-electron chi connectivity index (χ4n) is 1.99. The number of carbonyl (C=O) groups is 1. The highest BCUT2D eigenvalue weighted by atomic mass is 16.1. The summed E-state index contributed by atoms with van der Waals surface area (Å²) in [5.41, 5.74) is 4.18. The van der Waals surface area contributed by atoms with Crippen LogP contribution in [0.2, 0.25) is 0 Å². The Morgan fingerprint density at radius 2 is 1.61 bits per heavy atom. The number of benzene rings is 2. The van der Waals surface area contributed by atoms with Gasteiger partial charge in [-0.15, -0.1) is 0 Å². The first kappa shape index (κ1) is 12.6. The van der Waals surface area contributed by atoms with E-state index in [1.54, 1.807) is 0 Å². The van der Waals surface area contributed by atoms with E-state index < -0.39 is 0 Å². The Bertz CT molecular complexity index is 548. The summed E-state index contributed by atoms with van der Waals surface area (Å²) < 4.78 is 0. The highest BCUT2D eigenvalue weighted by Gasteiger charge is 2.15. The minimum Gasteiger partial charge on any atom is -0.298 e. The van der Waals surface area contributed by atoms with Crippen LogP contribution in [0.3, 0.4) is 0 Å².